The second-order valence-electron chi connectivity index (χ2n) is 5.71. The highest BCUT2D eigenvalue weighted by Gasteiger charge is 2.09. The quantitative estimate of drug-likeness (QED) is 0.630. The highest BCUT2D eigenvalue weighted by molar-refractivity contribution is 6.03. The molecule has 3 heterocycles. The first-order chi connectivity index (χ1) is 11.7. The maximum Gasteiger partial charge on any atom is 0.326 e. The van der Waals surface area contributed by atoms with Gasteiger partial charge in [0, 0.05) is 31.3 Å². The molecule has 0 aliphatic carbocycles. The number of H-pyrrole nitrogens is 1. The topological polar surface area (TPSA) is 72.8 Å². The van der Waals surface area contributed by atoms with Crippen LogP contribution in [0.5, 0.6) is 0 Å². The minimum atomic E-state index is -0.143. The Morgan fingerprint density at radius 2 is 1.96 bits per heavy atom. The Kier molecular flexibility index (Phi) is 3.39. The van der Waals surface area contributed by atoms with Crippen LogP contribution in [0.25, 0.3) is 33.1 Å². The van der Waals surface area contributed by atoms with Crippen LogP contribution in [-0.4, -0.2) is 26.6 Å². The van der Waals surface area contributed by atoms with E-state index in [4.69, 9.17) is 4.74 Å². The Morgan fingerprint density at radius 3 is 2.71 bits per heavy atom. The van der Waals surface area contributed by atoms with Crippen LogP contribution in [0.4, 0.5) is 0 Å². The minimum Gasteiger partial charge on any atom is -0.378 e. The van der Waals surface area contributed by atoms with Crippen LogP contribution in [0, 0.1) is 0 Å². The van der Waals surface area contributed by atoms with Gasteiger partial charge in [-0.25, -0.2) is 4.79 Å². The van der Waals surface area contributed by atoms with Crippen molar-refractivity contribution in [1.82, 2.24) is 19.5 Å². The van der Waals surface area contributed by atoms with Gasteiger partial charge in [-0.05, 0) is 23.8 Å². The lowest BCUT2D eigenvalue weighted by atomic mass is 10.0. The lowest BCUT2D eigenvalue weighted by molar-refractivity contribution is 0.181. The smallest absolute Gasteiger partial charge is 0.326 e. The number of imidazole rings is 1. The van der Waals surface area contributed by atoms with Crippen LogP contribution in [0.3, 0.4) is 0 Å². The Bertz CT molecular complexity index is 1090. The number of hydrogen-bond acceptors (Lipinski definition) is 4. The van der Waals surface area contributed by atoms with E-state index in [1.165, 1.54) is 0 Å². The molecule has 120 valence electrons. The number of aromatic amines is 1. The fourth-order valence-corrected chi connectivity index (χ4v) is 2.88. The highest BCUT2D eigenvalue weighted by atomic mass is 16.5. The average molecular weight is 320 g/mol. The van der Waals surface area contributed by atoms with Crippen molar-refractivity contribution >= 4 is 21.9 Å². The molecule has 0 unspecified atom stereocenters. The van der Waals surface area contributed by atoms with Crippen LogP contribution in [0.15, 0.2) is 47.5 Å². The second-order valence-corrected chi connectivity index (χ2v) is 5.71. The summed E-state index contributed by atoms with van der Waals surface area (Å²) in [5.41, 5.74) is 5.22. The summed E-state index contributed by atoms with van der Waals surface area (Å²) in [5, 5.41) is 0.920. The van der Waals surface area contributed by atoms with E-state index in [2.05, 4.69) is 15.0 Å². The lowest BCUT2D eigenvalue weighted by Crippen LogP contribution is -2.11. The number of aryl methyl sites for hydroxylation is 1. The van der Waals surface area contributed by atoms with Crippen molar-refractivity contribution < 1.29 is 4.74 Å². The first-order valence-corrected chi connectivity index (χ1v) is 7.59. The molecule has 1 aromatic carbocycles. The van der Waals surface area contributed by atoms with Crippen molar-refractivity contribution in [1.29, 1.82) is 0 Å². The molecule has 0 aliphatic heterocycles. The average Bonchev–Trinajstić information content (AvgIpc) is 2.90. The van der Waals surface area contributed by atoms with Crippen LogP contribution in [0.2, 0.25) is 0 Å². The fraction of sp³-hybridized carbons (Fsp3) is 0.167. The maximum atomic E-state index is 11.9. The SMILES string of the molecule is COCc1ccc(-c2ccc3ncc4c([nH]c(=O)n4C)c3c2)cn1. The standard InChI is InChI=1S/C18H16N4O2/c1-22-16-9-20-15-6-4-11(7-14(15)17(16)21-18(22)23)12-3-5-13(10-24-2)19-8-12/h3-9H,10H2,1-2H3,(H,21,23). The number of nitrogens with zero attached hydrogens (tertiary/aromatic N) is 3. The van der Waals surface area contributed by atoms with Crippen LogP contribution < -0.4 is 5.69 Å². The highest BCUT2D eigenvalue weighted by Crippen LogP contribution is 2.27. The molecule has 0 fully saturated rings. The molecule has 0 saturated heterocycles. The number of ether oxygens (including phenoxy) is 1. The van der Waals surface area contributed by atoms with E-state index in [1.54, 1.807) is 24.9 Å². The molecule has 0 atom stereocenters. The molecule has 0 bridgehead atoms. The summed E-state index contributed by atoms with van der Waals surface area (Å²) >= 11 is 0. The normalized spacial score (nSPS) is 11.4. The maximum absolute atomic E-state index is 11.9. The van der Waals surface area contributed by atoms with E-state index < -0.39 is 0 Å². The van der Waals surface area contributed by atoms with Crippen LogP contribution in [-0.2, 0) is 18.4 Å². The first-order valence-electron chi connectivity index (χ1n) is 7.59. The predicted octanol–water partition coefficient (Wildman–Crippen LogP) is 2.62. The number of aromatic nitrogens is 4. The summed E-state index contributed by atoms with van der Waals surface area (Å²) in [6.45, 7) is 0.494. The summed E-state index contributed by atoms with van der Waals surface area (Å²) < 4.78 is 6.65. The number of rotatable bonds is 3. The molecule has 0 amide bonds. The molecule has 6 nitrogen and oxygen atoms in total. The van der Waals surface area contributed by atoms with E-state index in [9.17, 15) is 4.79 Å². The molecule has 6 heteroatoms. The van der Waals surface area contributed by atoms with Gasteiger partial charge in [-0.1, -0.05) is 12.1 Å². The molecule has 3 aromatic heterocycles. The van der Waals surface area contributed by atoms with E-state index in [0.717, 1.165) is 38.8 Å². The Balaban J connectivity index is 1.89. The molecule has 0 spiro atoms. The number of benzene rings is 1. The van der Waals surface area contributed by atoms with Crippen molar-refractivity contribution in [2.75, 3.05) is 7.11 Å². The van der Waals surface area contributed by atoms with Gasteiger partial charge in [-0.3, -0.25) is 14.5 Å². The molecule has 4 aromatic rings. The zero-order valence-electron chi connectivity index (χ0n) is 13.4. The van der Waals surface area contributed by atoms with Gasteiger partial charge in [0.15, 0.2) is 0 Å². The Morgan fingerprint density at radius 1 is 1.12 bits per heavy atom. The summed E-state index contributed by atoms with van der Waals surface area (Å²) in [6, 6.07) is 9.97. The van der Waals surface area contributed by atoms with E-state index in [0.29, 0.717) is 6.61 Å². The van der Waals surface area contributed by atoms with Gasteiger partial charge in [0.05, 0.1) is 35.0 Å². The summed E-state index contributed by atoms with van der Waals surface area (Å²) in [7, 11) is 3.38. The van der Waals surface area contributed by atoms with Crippen LogP contribution in [0.1, 0.15) is 5.69 Å². The van der Waals surface area contributed by atoms with E-state index in [-0.39, 0.29) is 5.69 Å². The van der Waals surface area contributed by atoms with E-state index >= 15 is 0 Å². The van der Waals surface area contributed by atoms with Gasteiger partial charge in [0.2, 0.25) is 0 Å². The summed E-state index contributed by atoms with van der Waals surface area (Å²) in [4.78, 5) is 23.7. The third-order valence-electron chi connectivity index (χ3n) is 4.20. The van der Waals surface area contributed by atoms with Gasteiger partial charge in [0.25, 0.3) is 0 Å². The fourth-order valence-electron chi connectivity index (χ4n) is 2.88. The Hall–Kier alpha value is -2.99. The Labute approximate surface area is 137 Å². The molecule has 0 radical (unpaired) electrons. The van der Waals surface area contributed by atoms with Crippen LogP contribution >= 0.6 is 0 Å². The molecule has 4 rings (SSSR count). The molecule has 0 aliphatic rings. The van der Waals surface area contributed by atoms with E-state index in [1.807, 2.05) is 36.5 Å². The summed E-state index contributed by atoms with van der Waals surface area (Å²) in [6.07, 6.45) is 3.55. The molecule has 24 heavy (non-hydrogen) atoms. The van der Waals surface area contributed by atoms with Gasteiger partial charge < -0.3 is 9.72 Å². The number of pyridine rings is 2. The third-order valence-corrected chi connectivity index (χ3v) is 4.20. The van der Waals surface area contributed by atoms with Crippen molar-refractivity contribution in [2.45, 2.75) is 6.61 Å². The number of nitrogens with one attached hydrogen (secondary N) is 1. The molecular weight excluding hydrogens is 304 g/mol. The zero-order chi connectivity index (χ0) is 16.7. The van der Waals surface area contributed by atoms with Crippen molar-refractivity contribution in [3.05, 3.63) is 58.9 Å². The summed E-state index contributed by atoms with van der Waals surface area (Å²) in [5.74, 6) is 0. The van der Waals surface area contributed by atoms with Gasteiger partial charge in [-0.15, -0.1) is 0 Å². The first kappa shape index (κ1) is 14.6. The van der Waals surface area contributed by atoms with Crippen molar-refractivity contribution in [3.63, 3.8) is 0 Å². The lowest BCUT2D eigenvalue weighted by Gasteiger charge is -2.06. The predicted molar refractivity (Wildman–Crippen MR) is 92.8 cm³/mol. The largest absolute Gasteiger partial charge is 0.378 e. The second kappa shape index (κ2) is 5.58. The monoisotopic (exact) mass is 320 g/mol. The molecular formula is C18H16N4O2. The van der Waals surface area contributed by atoms with Crippen molar-refractivity contribution in [2.24, 2.45) is 7.05 Å². The van der Waals surface area contributed by atoms with Gasteiger partial charge in [-0.2, -0.15) is 0 Å². The third kappa shape index (κ3) is 2.28. The van der Waals surface area contributed by atoms with Gasteiger partial charge >= 0.3 is 5.69 Å². The number of methoxy groups -OCH3 is 1. The number of fused-ring (bicyclic) bond motifs is 3. The molecule has 0 saturated carbocycles. The minimum absolute atomic E-state index is 0.143. The van der Waals surface area contributed by atoms with Gasteiger partial charge in [0.1, 0.15) is 0 Å². The molecule has 1 N–H and O–H groups in total. The number of hydrogen-bond donors (Lipinski definition) is 1. The van der Waals surface area contributed by atoms with Crippen molar-refractivity contribution in [3.8, 4) is 11.1 Å². The zero-order valence-corrected chi connectivity index (χ0v) is 13.4.